The maximum Gasteiger partial charge on any atom is 0.170 e. The van der Waals surface area contributed by atoms with Crippen LogP contribution in [0.3, 0.4) is 0 Å². The summed E-state index contributed by atoms with van der Waals surface area (Å²) >= 11 is 1.66. The number of hydrazine groups is 1. The van der Waals surface area contributed by atoms with Crippen molar-refractivity contribution >= 4 is 33.9 Å². The Bertz CT molecular complexity index is 94.5. The molecule has 0 saturated carbocycles. The number of aliphatic imine (C=N–C) groups is 1. The Kier molecular flexibility index (Phi) is 4.31. The topological polar surface area (TPSA) is 50.4 Å². The average molecular weight is 198 g/mol. The molecular formula is C3H8BrN3S. The van der Waals surface area contributed by atoms with Crippen LogP contribution in [0.4, 0.5) is 0 Å². The Morgan fingerprint density at radius 3 is 2.75 bits per heavy atom. The molecule has 0 aromatic rings. The van der Waals surface area contributed by atoms with Crippen LogP contribution in [-0.4, -0.2) is 17.5 Å². The number of thioether (sulfide) groups is 1. The molecule has 0 saturated heterocycles. The Hall–Kier alpha value is 0.260. The van der Waals surface area contributed by atoms with Gasteiger partial charge >= 0.3 is 0 Å². The molecule has 0 unspecified atom stereocenters. The number of hydrogen-bond acceptors (Lipinski definition) is 4. The lowest BCUT2D eigenvalue weighted by Crippen LogP contribution is -2.26. The van der Waals surface area contributed by atoms with E-state index in [9.17, 15) is 0 Å². The Labute approximate surface area is 62.9 Å². The van der Waals surface area contributed by atoms with E-state index >= 15 is 0 Å². The molecular weight excluding hydrogens is 190 g/mol. The minimum atomic E-state index is 0. The zero-order valence-corrected chi connectivity index (χ0v) is 6.78. The highest BCUT2D eigenvalue weighted by atomic mass is 79.9. The second-order valence-corrected chi connectivity index (χ2v) is 2.26. The smallest absolute Gasteiger partial charge is 0.170 e. The van der Waals surface area contributed by atoms with Crippen molar-refractivity contribution in [3.8, 4) is 0 Å². The zero-order valence-electron chi connectivity index (χ0n) is 4.26. The Morgan fingerprint density at radius 1 is 1.75 bits per heavy atom. The number of amidine groups is 1. The van der Waals surface area contributed by atoms with Crippen molar-refractivity contribution in [2.24, 2.45) is 10.8 Å². The first kappa shape index (κ1) is 8.26. The number of nitrogens with one attached hydrogen (secondary N) is 1. The summed E-state index contributed by atoms with van der Waals surface area (Å²) < 4.78 is 0. The third kappa shape index (κ3) is 2.02. The maximum absolute atomic E-state index is 5.03. The van der Waals surface area contributed by atoms with E-state index in [2.05, 4.69) is 10.4 Å². The van der Waals surface area contributed by atoms with Crippen LogP contribution >= 0.6 is 28.7 Å². The summed E-state index contributed by atoms with van der Waals surface area (Å²) in [5.41, 5.74) is 2.48. The van der Waals surface area contributed by atoms with Gasteiger partial charge in [-0.2, -0.15) is 0 Å². The second kappa shape index (κ2) is 4.17. The zero-order chi connectivity index (χ0) is 5.11. The predicted molar refractivity (Wildman–Crippen MR) is 42.4 cm³/mol. The fourth-order valence-corrected chi connectivity index (χ4v) is 1.06. The van der Waals surface area contributed by atoms with Crippen LogP contribution in [0.25, 0.3) is 0 Å². The van der Waals surface area contributed by atoms with Crippen LogP contribution in [0.15, 0.2) is 4.99 Å². The van der Waals surface area contributed by atoms with Crippen molar-refractivity contribution in [3.63, 3.8) is 0 Å². The molecule has 5 heteroatoms. The molecule has 0 atom stereocenters. The monoisotopic (exact) mass is 197 g/mol. The average Bonchev–Trinajstić information content (AvgIpc) is 2.14. The largest absolute Gasteiger partial charge is 0.303 e. The van der Waals surface area contributed by atoms with Gasteiger partial charge in [-0.25, -0.2) is 5.84 Å². The quantitative estimate of drug-likeness (QED) is 0.429. The molecule has 3 nitrogen and oxygen atoms in total. The highest BCUT2D eigenvalue weighted by Gasteiger charge is 2.01. The molecule has 0 aromatic heterocycles. The summed E-state index contributed by atoms with van der Waals surface area (Å²) in [7, 11) is 0. The lowest BCUT2D eigenvalue weighted by atomic mass is 10.8. The first-order valence-corrected chi connectivity index (χ1v) is 3.06. The minimum absolute atomic E-state index is 0. The third-order valence-corrected chi connectivity index (χ3v) is 1.62. The van der Waals surface area contributed by atoms with Gasteiger partial charge < -0.3 is 5.43 Å². The summed E-state index contributed by atoms with van der Waals surface area (Å²) in [6.45, 7) is 0.907. The summed E-state index contributed by atoms with van der Waals surface area (Å²) in [5, 5.41) is 0.861. The van der Waals surface area contributed by atoms with E-state index in [4.69, 9.17) is 5.84 Å². The molecule has 3 N–H and O–H groups in total. The maximum atomic E-state index is 5.03. The molecule has 8 heavy (non-hydrogen) atoms. The Balaban J connectivity index is 0.000000490. The first-order valence-electron chi connectivity index (χ1n) is 2.07. The van der Waals surface area contributed by atoms with Crippen molar-refractivity contribution in [3.05, 3.63) is 0 Å². The molecule has 0 radical (unpaired) electrons. The second-order valence-electron chi connectivity index (χ2n) is 1.18. The molecule has 1 heterocycles. The van der Waals surface area contributed by atoms with Crippen molar-refractivity contribution in [1.29, 1.82) is 0 Å². The predicted octanol–water partition coefficient (Wildman–Crippen LogP) is 0.130. The van der Waals surface area contributed by atoms with Crippen LogP contribution < -0.4 is 11.3 Å². The van der Waals surface area contributed by atoms with Gasteiger partial charge in [-0.05, 0) is 0 Å². The molecule has 0 bridgehead atoms. The number of nitrogens with zero attached hydrogens (tertiary/aromatic N) is 1. The van der Waals surface area contributed by atoms with Crippen molar-refractivity contribution in [2.75, 3.05) is 12.3 Å². The molecule has 48 valence electrons. The van der Waals surface area contributed by atoms with Gasteiger partial charge in [0.1, 0.15) is 0 Å². The van der Waals surface area contributed by atoms with Crippen LogP contribution in [0.5, 0.6) is 0 Å². The fourth-order valence-electron chi connectivity index (χ4n) is 0.422. The lowest BCUT2D eigenvalue weighted by molar-refractivity contribution is 1.03. The normalized spacial score (nSPS) is 16.9. The van der Waals surface area contributed by atoms with E-state index in [1.165, 1.54) is 0 Å². The highest BCUT2D eigenvalue weighted by molar-refractivity contribution is 8.93. The molecule has 1 aliphatic heterocycles. The SMILES string of the molecule is Br.NNC1=NCCS1. The van der Waals surface area contributed by atoms with Gasteiger partial charge in [0.05, 0.1) is 6.54 Å². The minimum Gasteiger partial charge on any atom is -0.303 e. The van der Waals surface area contributed by atoms with Gasteiger partial charge in [0.2, 0.25) is 0 Å². The van der Waals surface area contributed by atoms with E-state index in [0.717, 1.165) is 17.5 Å². The number of nitrogens with two attached hydrogens (primary N) is 1. The third-order valence-electron chi connectivity index (χ3n) is 0.709. The van der Waals surface area contributed by atoms with Gasteiger partial charge in [0, 0.05) is 5.75 Å². The van der Waals surface area contributed by atoms with E-state index in [-0.39, 0.29) is 17.0 Å². The molecule has 0 fully saturated rings. The van der Waals surface area contributed by atoms with E-state index in [1.54, 1.807) is 11.8 Å². The van der Waals surface area contributed by atoms with Crippen LogP contribution in [0.2, 0.25) is 0 Å². The summed E-state index contributed by atoms with van der Waals surface area (Å²) in [6.07, 6.45) is 0. The molecule has 0 aliphatic carbocycles. The molecule has 0 spiro atoms. The van der Waals surface area contributed by atoms with Gasteiger partial charge in [0.25, 0.3) is 0 Å². The van der Waals surface area contributed by atoms with Crippen LogP contribution in [0, 0.1) is 0 Å². The van der Waals surface area contributed by atoms with Gasteiger partial charge in [0.15, 0.2) is 5.17 Å². The van der Waals surface area contributed by atoms with Crippen LogP contribution in [0.1, 0.15) is 0 Å². The number of halogens is 1. The van der Waals surface area contributed by atoms with Crippen LogP contribution in [-0.2, 0) is 0 Å². The number of rotatable bonds is 0. The fraction of sp³-hybridized carbons (Fsp3) is 0.667. The van der Waals surface area contributed by atoms with Gasteiger partial charge in [-0.3, -0.25) is 4.99 Å². The van der Waals surface area contributed by atoms with Crippen molar-refractivity contribution in [1.82, 2.24) is 5.43 Å². The molecule has 0 amide bonds. The van der Waals surface area contributed by atoms with E-state index in [1.807, 2.05) is 0 Å². The van der Waals surface area contributed by atoms with Crippen molar-refractivity contribution in [2.45, 2.75) is 0 Å². The summed E-state index contributed by atoms with van der Waals surface area (Å²) in [4.78, 5) is 4.00. The first-order chi connectivity index (χ1) is 3.43. The van der Waals surface area contributed by atoms with Crippen molar-refractivity contribution < 1.29 is 0 Å². The Morgan fingerprint density at radius 2 is 2.50 bits per heavy atom. The molecule has 0 aromatic carbocycles. The molecule has 1 aliphatic rings. The lowest BCUT2D eigenvalue weighted by Gasteiger charge is -1.90. The standard InChI is InChI=1S/C3H7N3S.BrH/c4-6-3-5-1-2-7-3;/h1-2,4H2,(H,5,6);1H. The summed E-state index contributed by atoms with van der Waals surface area (Å²) in [6, 6.07) is 0. The summed E-state index contributed by atoms with van der Waals surface area (Å²) in [5.74, 6) is 6.10. The highest BCUT2D eigenvalue weighted by Crippen LogP contribution is 2.06. The van der Waals surface area contributed by atoms with E-state index in [0.29, 0.717) is 0 Å². The number of hydrogen-bond donors (Lipinski definition) is 2. The van der Waals surface area contributed by atoms with E-state index < -0.39 is 0 Å². The van der Waals surface area contributed by atoms with Gasteiger partial charge in [-0.1, -0.05) is 11.8 Å². The van der Waals surface area contributed by atoms with Gasteiger partial charge in [-0.15, -0.1) is 17.0 Å². The molecule has 1 rings (SSSR count).